The first-order valence-corrected chi connectivity index (χ1v) is 9.64. The third kappa shape index (κ3) is 3.78. The van der Waals surface area contributed by atoms with Gasteiger partial charge in [-0.2, -0.15) is 0 Å². The third-order valence-electron chi connectivity index (χ3n) is 5.14. The zero-order valence-electron chi connectivity index (χ0n) is 15.3. The van der Waals surface area contributed by atoms with Crippen molar-refractivity contribution >= 4 is 16.7 Å². The highest BCUT2D eigenvalue weighted by Crippen LogP contribution is 2.34. The molecule has 2 aliphatic rings. The predicted octanol–water partition coefficient (Wildman–Crippen LogP) is 3.09. The maximum atomic E-state index is 5.98. The zero-order chi connectivity index (χ0) is 17.8. The first-order valence-electron chi connectivity index (χ1n) is 9.64. The molecule has 3 atom stereocenters. The zero-order valence-corrected chi connectivity index (χ0v) is 15.3. The fourth-order valence-electron chi connectivity index (χ4n) is 3.92. The van der Waals surface area contributed by atoms with Crippen LogP contribution in [0.25, 0.3) is 10.8 Å². The Balaban J connectivity index is 1.33. The molecule has 5 heteroatoms. The minimum atomic E-state index is 0.343. The molecule has 2 aromatic rings. The topological polar surface area (TPSA) is 54.9 Å². The minimum absolute atomic E-state index is 0.343. The third-order valence-corrected chi connectivity index (χ3v) is 5.14. The molecule has 5 nitrogen and oxygen atoms in total. The molecule has 26 heavy (non-hydrogen) atoms. The van der Waals surface area contributed by atoms with Crippen LogP contribution in [0, 0.1) is 0 Å². The number of guanidine groups is 1. The molecule has 2 heterocycles. The summed E-state index contributed by atoms with van der Waals surface area (Å²) in [4.78, 5) is 4.67. The van der Waals surface area contributed by atoms with E-state index in [9.17, 15) is 0 Å². The van der Waals surface area contributed by atoms with E-state index in [1.165, 1.54) is 11.8 Å². The lowest BCUT2D eigenvalue weighted by Crippen LogP contribution is -2.47. The Morgan fingerprint density at radius 1 is 1.19 bits per heavy atom. The monoisotopic (exact) mass is 353 g/mol. The lowest BCUT2D eigenvalue weighted by molar-refractivity contribution is 0.0992. The number of nitrogens with zero attached hydrogens (tertiary/aromatic N) is 1. The van der Waals surface area contributed by atoms with Crippen LogP contribution in [0.1, 0.15) is 26.2 Å². The van der Waals surface area contributed by atoms with Gasteiger partial charge in [-0.3, -0.25) is 0 Å². The van der Waals surface area contributed by atoms with Gasteiger partial charge >= 0.3 is 0 Å². The number of benzene rings is 2. The second kappa shape index (κ2) is 7.96. The molecule has 4 rings (SSSR count). The molecule has 0 aliphatic carbocycles. The molecule has 0 spiro atoms. The van der Waals surface area contributed by atoms with Crippen LogP contribution < -0.4 is 15.4 Å². The Hall–Kier alpha value is -2.27. The second-order valence-corrected chi connectivity index (χ2v) is 6.95. The van der Waals surface area contributed by atoms with Gasteiger partial charge in [0, 0.05) is 11.9 Å². The molecular weight excluding hydrogens is 326 g/mol. The van der Waals surface area contributed by atoms with E-state index >= 15 is 0 Å². The Bertz CT molecular complexity index is 771. The van der Waals surface area contributed by atoms with Crippen molar-refractivity contribution in [3.05, 3.63) is 42.5 Å². The predicted molar refractivity (Wildman–Crippen MR) is 105 cm³/mol. The number of ether oxygens (including phenoxy) is 2. The van der Waals surface area contributed by atoms with Crippen molar-refractivity contribution in [2.24, 2.45) is 4.99 Å². The minimum Gasteiger partial charge on any atom is -0.491 e. The van der Waals surface area contributed by atoms with Gasteiger partial charge in [-0.25, -0.2) is 4.99 Å². The first kappa shape index (κ1) is 17.2. The van der Waals surface area contributed by atoms with Crippen molar-refractivity contribution < 1.29 is 9.47 Å². The summed E-state index contributed by atoms with van der Waals surface area (Å²) in [5.41, 5.74) is 0. The second-order valence-electron chi connectivity index (χ2n) is 6.95. The molecule has 2 aromatic carbocycles. The summed E-state index contributed by atoms with van der Waals surface area (Å²) in [5, 5.41) is 9.20. The van der Waals surface area contributed by atoms with E-state index in [4.69, 9.17) is 9.47 Å². The van der Waals surface area contributed by atoms with Gasteiger partial charge < -0.3 is 20.1 Å². The highest BCUT2D eigenvalue weighted by atomic mass is 16.5. The maximum Gasteiger partial charge on any atom is 0.191 e. The Labute approximate surface area is 154 Å². The molecule has 2 aliphatic heterocycles. The van der Waals surface area contributed by atoms with Crippen molar-refractivity contribution in [3.63, 3.8) is 0 Å². The molecule has 3 unspecified atom stereocenters. The standard InChI is InChI=1S/C21H27N3O2/c1-2-22-21(24-18-14-16-10-11-20(18)26-16)23-12-13-25-19-9-5-7-15-6-3-4-8-17(15)19/h3-9,16,18,20H,2,10-14H2,1H3,(H2,22,23,24). The van der Waals surface area contributed by atoms with Crippen molar-refractivity contribution in [2.45, 2.75) is 44.4 Å². The fraction of sp³-hybridized carbons (Fsp3) is 0.476. The van der Waals surface area contributed by atoms with Crippen molar-refractivity contribution in [2.75, 3.05) is 19.7 Å². The summed E-state index contributed by atoms with van der Waals surface area (Å²) in [6.07, 6.45) is 4.23. The number of rotatable bonds is 6. The summed E-state index contributed by atoms with van der Waals surface area (Å²) < 4.78 is 11.9. The van der Waals surface area contributed by atoms with Gasteiger partial charge in [0.25, 0.3) is 0 Å². The van der Waals surface area contributed by atoms with Gasteiger partial charge in [-0.05, 0) is 37.6 Å². The summed E-state index contributed by atoms with van der Waals surface area (Å²) in [7, 11) is 0. The molecule has 0 aromatic heterocycles. The Morgan fingerprint density at radius 3 is 2.88 bits per heavy atom. The van der Waals surface area contributed by atoms with Gasteiger partial charge in [0.1, 0.15) is 12.4 Å². The van der Waals surface area contributed by atoms with E-state index < -0.39 is 0 Å². The summed E-state index contributed by atoms with van der Waals surface area (Å²) in [5.74, 6) is 1.77. The van der Waals surface area contributed by atoms with E-state index in [1.54, 1.807) is 0 Å². The van der Waals surface area contributed by atoms with Crippen LogP contribution in [-0.2, 0) is 4.74 Å². The lowest BCUT2D eigenvalue weighted by atomic mass is 9.96. The van der Waals surface area contributed by atoms with Crippen LogP contribution in [0.3, 0.4) is 0 Å². The van der Waals surface area contributed by atoms with Crippen LogP contribution in [0.4, 0.5) is 0 Å². The molecule has 0 saturated carbocycles. The molecule has 2 fully saturated rings. The van der Waals surface area contributed by atoms with Gasteiger partial charge in [0.2, 0.25) is 0 Å². The lowest BCUT2D eigenvalue weighted by Gasteiger charge is -2.22. The Morgan fingerprint density at radius 2 is 2.08 bits per heavy atom. The molecule has 2 saturated heterocycles. The average Bonchev–Trinajstić information content (AvgIpc) is 3.28. The van der Waals surface area contributed by atoms with Crippen molar-refractivity contribution in [3.8, 4) is 5.75 Å². The first-order chi connectivity index (χ1) is 12.8. The van der Waals surface area contributed by atoms with E-state index in [1.807, 2.05) is 24.3 Å². The summed E-state index contributed by atoms with van der Waals surface area (Å²) in [6.45, 7) is 4.09. The summed E-state index contributed by atoms with van der Waals surface area (Å²) in [6, 6.07) is 14.8. The van der Waals surface area contributed by atoms with E-state index in [0.717, 1.165) is 36.5 Å². The van der Waals surface area contributed by atoms with Gasteiger partial charge in [0.05, 0.1) is 24.8 Å². The van der Waals surface area contributed by atoms with Crippen LogP contribution >= 0.6 is 0 Å². The molecule has 138 valence electrons. The number of fused-ring (bicyclic) bond motifs is 3. The SMILES string of the molecule is CCNC(=NCCOc1cccc2ccccc12)NC1CC2CCC1O2. The number of hydrogen-bond acceptors (Lipinski definition) is 3. The Kier molecular flexibility index (Phi) is 5.25. The van der Waals surface area contributed by atoms with E-state index in [2.05, 4.69) is 40.7 Å². The number of nitrogens with one attached hydrogen (secondary N) is 2. The van der Waals surface area contributed by atoms with E-state index in [0.29, 0.717) is 31.4 Å². The average molecular weight is 353 g/mol. The maximum absolute atomic E-state index is 5.98. The van der Waals surface area contributed by atoms with Gasteiger partial charge in [-0.1, -0.05) is 36.4 Å². The quantitative estimate of drug-likeness (QED) is 0.476. The van der Waals surface area contributed by atoms with Crippen LogP contribution in [0.5, 0.6) is 5.75 Å². The number of hydrogen-bond donors (Lipinski definition) is 2. The molecule has 2 N–H and O–H groups in total. The van der Waals surface area contributed by atoms with Crippen LogP contribution in [-0.4, -0.2) is 43.9 Å². The van der Waals surface area contributed by atoms with Crippen molar-refractivity contribution in [1.29, 1.82) is 0 Å². The molecule has 0 amide bonds. The fourth-order valence-corrected chi connectivity index (χ4v) is 3.92. The van der Waals surface area contributed by atoms with Gasteiger partial charge in [0.15, 0.2) is 5.96 Å². The van der Waals surface area contributed by atoms with Crippen molar-refractivity contribution in [1.82, 2.24) is 10.6 Å². The molecule has 2 bridgehead atoms. The summed E-state index contributed by atoms with van der Waals surface area (Å²) >= 11 is 0. The highest BCUT2D eigenvalue weighted by molar-refractivity contribution is 5.88. The smallest absolute Gasteiger partial charge is 0.191 e. The largest absolute Gasteiger partial charge is 0.491 e. The van der Waals surface area contributed by atoms with Gasteiger partial charge in [-0.15, -0.1) is 0 Å². The van der Waals surface area contributed by atoms with Crippen LogP contribution in [0.15, 0.2) is 47.5 Å². The highest BCUT2D eigenvalue weighted by Gasteiger charge is 2.41. The van der Waals surface area contributed by atoms with Crippen LogP contribution in [0.2, 0.25) is 0 Å². The number of aliphatic imine (C=N–C) groups is 1. The normalized spacial score (nSPS) is 24.8. The molecular formula is C21H27N3O2. The molecule has 0 radical (unpaired) electrons. The van der Waals surface area contributed by atoms with E-state index in [-0.39, 0.29) is 0 Å².